The quantitative estimate of drug-likeness (QED) is 0.833. The summed E-state index contributed by atoms with van der Waals surface area (Å²) < 4.78 is 29.7. The highest BCUT2D eigenvalue weighted by atomic mass is 35.5. The van der Waals surface area contributed by atoms with E-state index in [1.54, 1.807) is 0 Å². The van der Waals surface area contributed by atoms with Crippen molar-refractivity contribution in [2.45, 2.75) is 12.8 Å². The number of esters is 1. The molecule has 0 aliphatic rings. The summed E-state index contributed by atoms with van der Waals surface area (Å²) in [5.74, 6) is -0.670. The van der Waals surface area contributed by atoms with Gasteiger partial charge in [0.25, 0.3) is 6.43 Å². The first-order valence-corrected chi connectivity index (χ1v) is 4.62. The zero-order valence-corrected chi connectivity index (χ0v) is 9.09. The minimum absolute atomic E-state index is 0.0658. The minimum atomic E-state index is -2.84. The minimum Gasteiger partial charge on any atom is -0.469 e. The van der Waals surface area contributed by atoms with Crippen LogP contribution in [0, 0.1) is 0 Å². The van der Waals surface area contributed by atoms with Gasteiger partial charge in [0.05, 0.1) is 35.5 Å². The fraction of sp³-hybridized carbons (Fsp3) is 0.333. The Hall–Kier alpha value is -1.43. The molecule has 88 valence electrons. The molecular weight excluding hydrogens is 242 g/mol. The molecule has 0 saturated heterocycles. The van der Waals surface area contributed by atoms with Gasteiger partial charge in [-0.05, 0) is 0 Å². The highest BCUT2D eigenvalue weighted by Crippen LogP contribution is 2.32. The van der Waals surface area contributed by atoms with Crippen LogP contribution in [0.4, 0.5) is 14.5 Å². The predicted molar refractivity (Wildman–Crippen MR) is 54.3 cm³/mol. The number of rotatable bonds is 3. The molecule has 0 unspecified atom stereocenters. The average molecular weight is 251 g/mol. The molecule has 1 aromatic rings. The maximum Gasteiger partial charge on any atom is 0.311 e. The van der Waals surface area contributed by atoms with Crippen LogP contribution in [0.15, 0.2) is 6.20 Å². The van der Waals surface area contributed by atoms with Crippen molar-refractivity contribution in [2.75, 3.05) is 12.8 Å². The number of hydrogen-bond acceptors (Lipinski definition) is 4. The van der Waals surface area contributed by atoms with Crippen LogP contribution in [0.3, 0.4) is 0 Å². The molecule has 0 atom stereocenters. The second-order valence-electron chi connectivity index (χ2n) is 2.93. The van der Waals surface area contributed by atoms with Gasteiger partial charge in [-0.2, -0.15) is 0 Å². The molecule has 0 fully saturated rings. The molecule has 1 rings (SSSR count). The number of alkyl halides is 2. The Morgan fingerprint density at radius 2 is 2.31 bits per heavy atom. The average Bonchev–Trinajstić information content (AvgIpc) is 2.23. The third-order valence-corrected chi connectivity index (χ3v) is 2.25. The molecule has 0 aliphatic carbocycles. The third kappa shape index (κ3) is 2.57. The number of methoxy groups -OCH3 is 1. The molecule has 0 amide bonds. The van der Waals surface area contributed by atoms with Crippen molar-refractivity contribution in [1.82, 2.24) is 4.98 Å². The highest BCUT2D eigenvalue weighted by Gasteiger charge is 2.21. The van der Waals surface area contributed by atoms with Gasteiger partial charge in [0, 0.05) is 6.20 Å². The van der Waals surface area contributed by atoms with Gasteiger partial charge >= 0.3 is 5.97 Å². The second-order valence-corrected chi connectivity index (χ2v) is 3.34. The first kappa shape index (κ1) is 12.6. The van der Waals surface area contributed by atoms with E-state index < -0.39 is 18.0 Å². The largest absolute Gasteiger partial charge is 0.469 e. The topological polar surface area (TPSA) is 65.2 Å². The van der Waals surface area contributed by atoms with E-state index in [2.05, 4.69) is 9.72 Å². The predicted octanol–water partition coefficient (Wildman–Crippen LogP) is 1.97. The van der Waals surface area contributed by atoms with E-state index in [1.165, 1.54) is 0 Å². The van der Waals surface area contributed by atoms with Gasteiger partial charge in [-0.25, -0.2) is 8.78 Å². The molecule has 0 aromatic carbocycles. The summed E-state index contributed by atoms with van der Waals surface area (Å²) in [5.41, 5.74) is 4.50. The van der Waals surface area contributed by atoms with Gasteiger partial charge in [-0.1, -0.05) is 11.6 Å². The molecule has 7 heteroatoms. The number of nitrogens with zero attached hydrogens (tertiary/aromatic N) is 1. The number of ether oxygens (including phenoxy) is 1. The van der Waals surface area contributed by atoms with Crippen LogP contribution in [-0.4, -0.2) is 18.1 Å². The fourth-order valence-electron chi connectivity index (χ4n) is 1.15. The molecular formula is C9H9ClF2N2O2. The molecule has 2 N–H and O–H groups in total. The van der Waals surface area contributed by atoms with Gasteiger partial charge in [0.2, 0.25) is 0 Å². The molecule has 1 heterocycles. The normalized spacial score (nSPS) is 10.6. The van der Waals surface area contributed by atoms with Crippen molar-refractivity contribution in [1.29, 1.82) is 0 Å². The zero-order chi connectivity index (χ0) is 12.3. The monoisotopic (exact) mass is 250 g/mol. The lowest BCUT2D eigenvalue weighted by molar-refractivity contribution is -0.139. The lowest BCUT2D eigenvalue weighted by Crippen LogP contribution is -2.11. The Morgan fingerprint density at radius 3 is 2.81 bits per heavy atom. The number of nitrogen functional groups attached to an aromatic ring is 1. The van der Waals surface area contributed by atoms with Gasteiger partial charge in [-0.3, -0.25) is 9.78 Å². The number of halogens is 3. The van der Waals surface area contributed by atoms with Gasteiger partial charge in [0.1, 0.15) is 0 Å². The maximum absolute atomic E-state index is 12.7. The van der Waals surface area contributed by atoms with Gasteiger partial charge < -0.3 is 10.5 Å². The van der Waals surface area contributed by atoms with E-state index in [4.69, 9.17) is 17.3 Å². The van der Waals surface area contributed by atoms with Crippen LogP contribution in [0.25, 0.3) is 0 Å². The summed E-state index contributed by atoms with van der Waals surface area (Å²) in [6, 6.07) is 0. The first-order chi connectivity index (χ1) is 7.47. The van der Waals surface area contributed by atoms with Crippen LogP contribution in [0.2, 0.25) is 5.02 Å². The van der Waals surface area contributed by atoms with E-state index in [0.29, 0.717) is 0 Å². The number of carbonyl (C=O) groups is 1. The number of hydrogen-bond donors (Lipinski definition) is 1. The molecule has 0 aliphatic heterocycles. The number of pyridine rings is 1. The van der Waals surface area contributed by atoms with Crippen molar-refractivity contribution in [3.63, 3.8) is 0 Å². The van der Waals surface area contributed by atoms with Crippen LogP contribution < -0.4 is 5.73 Å². The van der Waals surface area contributed by atoms with Crippen molar-refractivity contribution >= 4 is 23.3 Å². The zero-order valence-electron chi connectivity index (χ0n) is 8.34. The molecule has 0 radical (unpaired) electrons. The van der Waals surface area contributed by atoms with Crippen molar-refractivity contribution in [3.8, 4) is 0 Å². The smallest absolute Gasteiger partial charge is 0.311 e. The maximum atomic E-state index is 12.7. The third-order valence-electron chi connectivity index (χ3n) is 1.95. The molecule has 0 spiro atoms. The van der Waals surface area contributed by atoms with Crippen molar-refractivity contribution < 1.29 is 18.3 Å². The molecule has 4 nitrogen and oxygen atoms in total. The Morgan fingerprint density at radius 1 is 1.69 bits per heavy atom. The summed E-state index contributed by atoms with van der Waals surface area (Å²) in [5, 5.41) is -0.0658. The SMILES string of the molecule is COC(=O)Cc1ncc(Cl)c(N)c1C(F)F. The number of aromatic nitrogens is 1. The van der Waals surface area contributed by atoms with E-state index in [0.717, 1.165) is 13.3 Å². The highest BCUT2D eigenvalue weighted by molar-refractivity contribution is 6.33. The molecule has 16 heavy (non-hydrogen) atoms. The molecule has 1 aromatic heterocycles. The van der Waals surface area contributed by atoms with Crippen LogP contribution in [0.1, 0.15) is 17.7 Å². The Labute approximate surface area is 95.4 Å². The van der Waals surface area contributed by atoms with E-state index >= 15 is 0 Å². The Bertz CT molecular complexity index is 413. The van der Waals surface area contributed by atoms with Crippen LogP contribution in [-0.2, 0) is 16.0 Å². The number of carbonyl (C=O) groups excluding carboxylic acids is 1. The summed E-state index contributed by atoms with van der Waals surface area (Å²) in [6.45, 7) is 0. The fourth-order valence-corrected chi connectivity index (χ4v) is 1.30. The van der Waals surface area contributed by atoms with Gasteiger partial charge in [-0.15, -0.1) is 0 Å². The first-order valence-electron chi connectivity index (χ1n) is 4.25. The molecule has 0 bridgehead atoms. The van der Waals surface area contributed by atoms with Crippen molar-refractivity contribution in [2.24, 2.45) is 0 Å². The summed E-state index contributed by atoms with van der Waals surface area (Å²) in [6.07, 6.45) is -2.08. The standard InChI is InChI=1S/C9H9ClF2N2O2/c1-16-6(15)2-5-7(9(11)12)8(13)4(10)3-14-5/h3,9H,2H2,1H3,(H2,13,14). The van der Waals surface area contributed by atoms with Gasteiger partial charge in [0.15, 0.2) is 0 Å². The second kappa shape index (κ2) is 5.07. The number of anilines is 1. The lowest BCUT2D eigenvalue weighted by Gasteiger charge is -2.10. The van der Waals surface area contributed by atoms with Crippen molar-refractivity contribution in [3.05, 3.63) is 22.5 Å². The number of nitrogens with two attached hydrogens (primary N) is 1. The van der Waals surface area contributed by atoms with E-state index in [-0.39, 0.29) is 22.8 Å². The van der Waals surface area contributed by atoms with E-state index in [1.807, 2.05) is 0 Å². The van der Waals surface area contributed by atoms with Crippen LogP contribution >= 0.6 is 11.6 Å². The Balaban J connectivity index is 3.18. The molecule has 0 saturated carbocycles. The lowest BCUT2D eigenvalue weighted by atomic mass is 10.1. The van der Waals surface area contributed by atoms with Crippen LogP contribution in [0.5, 0.6) is 0 Å². The Kier molecular flexibility index (Phi) is 4.00. The summed E-state index contributed by atoms with van der Waals surface area (Å²) >= 11 is 5.56. The summed E-state index contributed by atoms with van der Waals surface area (Å²) in [7, 11) is 1.16. The van der Waals surface area contributed by atoms with E-state index in [9.17, 15) is 13.6 Å². The summed E-state index contributed by atoms with van der Waals surface area (Å²) in [4.78, 5) is 14.6.